The minimum atomic E-state index is -3.49. The molecule has 0 aliphatic heterocycles. The van der Waals surface area contributed by atoms with Crippen LogP contribution in [-0.4, -0.2) is 26.6 Å². The Kier molecular flexibility index (Phi) is 4.55. The maximum Gasteiger partial charge on any atom is 0.223 e. The Morgan fingerprint density at radius 3 is 2.59 bits per heavy atom. The van der Waals surface area contributed by atoms with Crippen LogP contribution in [0.2, 0.25) is 0 Å². The van der Waals surface area contributed by atoms with Crippen LogP contribution in [0.1, 0.15) is 39.5 Å². The molecule has 1 atom stereocenters. The van der Waals surface area contributed by atoms with E-state index in [-0.39, 0.29) is 29.5 Å². The number of primary sulfonamides is 1. The second-order valence-electron chi connectivity index (χ2n) is 5.44. The van der Waals surface area contributed by atoms with Crippen molar-refractivity contribution in [1.29, 1.82) is 0 Å². The molecule has 0 spiro atoms. The van der Waals surface area contributed by atoms with Crippen LogP contribution >= 0.6 is 0 Å². The Balaban J connectivity index is 2.47. The minimum absolute atomic E-state index is 0.00389. The van der Waals surface area contributed by atoms with Crippen LogP contribution in [0, 0.1) is 11.3 Å². The minimum Gasteiger partial charge on any atom is -0.355 e. The van der Waals surface area contributed by atoms with E-state index in [1.54, 1.807) is 0 Å². The van der Waals surface area contributed by atoms with Gasteiger partial charge in [-0.3, -0.25) is 4.79 Å². The number of carbonyl (C=O) groups is 1. The van der Waals surface area contributed by atoms with E-state index in [9.17, 15) is 13.2 Å². The van der Waals surface area contributed by atoms with Gasteiger partial charge in [0.25, 0.3) is 0 Å². The van der Waals surface area contributed by atoms with E-state index < -0.39 is 10.0 Å². The standard InChI is InChI=1S/C11H22N2O3S/c1-11(2)6-4-3-5-9(11)10(14)13-7-8-17(12,15)16/h9H,3-8H2,1-2H3,(H,13,14)(H2,12,15,16). The number of nitrogens with two attached hydrogens (primary N) is 1. The van der Waals surface area contributed by atoms with Gasteiger partial charge in [0.05, 0.1) is 5.75 Å². The van der Waals surface area contributed by atoms with Crippen molar-refractivity contribution in [3.8, 4) is 0 Å². The van der Waals surface area contributed by atoms with E-state index in [0.717, 1.165) is 25.7 Å². The van der Waals surface area contributed by atoms with Gasteiger partial charge in [0.2, 0.25) is 15.9 Å². The van der Waals surface area contributed by atoms with E-state index in [1.807, 2.05) is 0 Å². The fourth-order valence-corrected chi connectivity index (χ4v) is 2.81. The van der Waals surface area contributed by atoms with Crippen LogP contribution in [0.5, 0.6) is 0 Å². The monoisotopic (exact) mass is 262 g/mol. The zero-order valence-corrected chi connectivity index (χ0v) is 11.3. The number of hydrogen-bond acceptors (Lipinski definition) is 3. The van der Waals surface area contributed by atoms with Gasteiger partial charge in [-0.25, -0.2) is 13.6 Å². The number of hydrogen-bond donors (Lipinski definition) is 2. The lowest BCUT2D eigenvalue weighted by Crippen LogP contribution is -2.42. The van der Waals surface area contributed by atoms with Gasteiger partial charge < -0.3 is 5.32 Å². The number of amides is 1. The first kappa shape index (κ1) is 14.4. The van der Waals surface area contributed by atoms with Crippen molar-refractivity contribution in [2.75, 3.05) is 12.3 Å². The third-order valence-corrected chi connectivity index (χ3v) is 4.28. The predicted molar refractivity (Wildman–Crippen MR) is 66.7 cm³/mol. The van der Waals surface area contributed by atoms with Crippen LogP contribution in [0.15, 0.2) is 0 Å². The second kappa shape index (κ2) is 5.35. The van der Waals surface area contributed by atoms with Gasteiger partial charge in [-0.05, 0) is 18.3 Å². The normalized spacial score (nSPS) is 24.3. The molecule has 1 aliphatic rings. The lowest BCUT2D eigenvalue weighted by molar-refractivity contribution is -0.130. The predicted octanol–water partition coefficient (Wildman–Crippen LogP) is 0.608. The average Bonchev–Trinajstić information content (AvgIpc) is 2.14. The molecule has 5 nitrogen and oxygen atoms in total. The van der Waals surface area contributed by atoms with Crippen molar-refractivity contribution in [2.45, 2.75) is 39.5 Å². The maximum atomic E-state index is 12.0. The molecule has 1 rings (SSSR count). The molecule has 0 saturated heterocycles. The summed E-state index contributed by atoms with van der Waals surface area (Å²) in [5.74, 6) is -0.263. The van der Waals surface area contributed by atoms with Crippen molar-refractivity contribution < 1.29 is 13.2 Å². The molecule has 100 valence electrons. The molecule has 17 heavy (non-hydrogen) atoms. The zero-order valence-electron chi connectivity index (χ0n) is 10.5. The summed E-state index contributed by atoms with van der Waals surface area (Å²) in [5, 5.41) is 7.54. The quantitative estimate of drug-likeness (QED) is 0.777. The fourth-order valence-electron chi connectivity index (χ4n) is 2.42. The molecule has 0 aromatic heterocycles. The highest BCUT2D eigenvalue weighted by Gasteiger charge is 2.36. The average molecular weight is 262 g/mol. The smallest absolute Gasteiger partial charge is 0.223 e. The molecule has 1 saturated carbocycles. The Hall–Kier alpha value is -0.620. The first-order valence-corrected chi connectivity index (χ1v) is 7.72. The summed E-state index contributed by atoms with van der Waals surface area (Å²) in [4.78, 5) is 12.0. The maximum absolute atomic E-state index is 12.0. The lowest BCUT2D eigenvalue weighted by atomic mass is 9.68. The topological polar surface area (TPSA) is 89.3 Å². The summed E-state index contributed by atoms with van der Waals surface area (Å²) < 4.78 is 21.5. The highest BCUT2D eigenvalue weighted by molar-refractivity contribution is 7.89. The van der Waals surface area contributed by atoms with Gasteiger partial charge in [-0.1, -0.05) is 26.7 Å². The molecule has 0 bridgehead atoms. The Bertz CT molecular complexity index is 376. The molecular formula is C11H22N2O3S. The van der Waals surface area contributed by atoms with Crippen LogP contribution in [-0.2, 0) is 14.8 Å². The van der Waals surface area contributed by atoms with E-state index in [2.05, 4.69) is 19.2 Å². The fraction of sp³-hybridized carbons (Fsp3) is 0.909. The molecule has 0 aromatic rings. The van der Waals surface area contributed by atoms with Crippen LogP contribution in [0.3, 0.4) is 0 Å². The third-order valence-electron chi connectivity index (χ3n) is 3.51. The Morgan fingerprint density at radius 1 is 1.41 bits per heavy atom. The molecule has 0 aromatic carbocycles. The number of sulfonamides is 1. The largest absolute Gasteiger partial charge is 0.355 e. The van der Waals surface area contributed by atoms with Crippen molar-refractivity contribution in [1.82, 2.24) is 5.32 Å². The second-order valence-corrected chi connectivity index (χ2v) is 7.18. The summed E-state index contributed by atoms with van der Waals surface area (Å²) in [5.41, 5.74) is 0.00389. The van der Waals surface area contributed by atoms with Crippen molar-refractivity contribution in [3.63, 3.8) is 0 Å². The summed E-state index contributed by atoms with van der Waals surface area (Å²) in [6.45, 7) is 4.29. The first-order valence-electron chi connectivity index (χ1n) is 6.00. The Morgan fingerprint density at radius 2 is 2.06 bits per heavy atom. The molecule has 0 radical (unpaired) electrons. The SMILES string of the molecule is CC1(C)CCCCC1C(=O)NCCS(N)(=O)=O. The molecule has 1 aliphatic carbocycles. The third kappa shape index (κ3) is 4.63. The number of nitrogens with one attached hydrogen (secondary N) is 1. The van der Waals surface area contributed by atoms with E-state index >= 15 is 0 Å². The molecule has 1 amide bonds. The van der Waals surface area contributed by atoms with Gasteiger partial charge in [0, 0.05) is 12.5 Å². The molecular weight excluding hydrogens is 240 g/mol. The molecule has 1 unspecified atom stereocenters. The van der Waals surface area contributed by atoms with E-state index in [1.165, 1.54) is 0 Å². The lowest BCUT2D eigenvalue weighted by Gasteiger charge is -2.37. The molecule has 0 heterocycles. The van der Waals surface area contributed by atoms with Crippen molar-refractivity contribution in [3.05, 3.63) is 0 Å². The highest BCUT2D eigenvalue weighted by atomic mass is 32.2. The molecule has 6 heteroatoms. The van der Waals surface area contributed by atoms with Gasteiger partial charge in [-0.15, -0.1) is 0 Å². The summed E-state index contributed by atoms with van der Waals surface area (Å²) in [6.07, 6.45) is 4.15. The number of rotatable bonds is 4. The number of carbonyl (C=O) groups excluding carboxylic acids is 1. The van der Waals surface area contributed by atoms with Gasteiger partial charge in [0.15, 0.2) is 0 Å². The van der Waals surface area contributed by atoms with Crippen LogP contribution in [0.25, 0.3) is 0 Å². The van der Waals surface area contributed by atoms with E-state index in [4.69, 9.17) is 5.14 Å². The zero-order chi connectivity index (χ0) is 13.1. The van der Waals surface area contributed by atoms with Crippen LogP contribution in [0.4, 0.5) is 0 Å². The molecule has 1 fully saturated rings. The summed E-state index contributed by atoms with van der Waals surface area (Å²) in [7, 11) is -3.49. The van der Waals surface area contributed by atoms with Crippen molar-refractivity contribution in [2.24, 2.45) is 16.5 Å². The van der Waals surface area contributed by atoms with E-state index in [0.29, 0.717) is 0 Å². The van der Waals surface area contributed by atoms with Gasteiger partial charge >= 0.3 is 0 Å². The summed E-state index contributed by atoms with van der Waals surface area (Å²) in [6, 6.07) is 0. The summed E-state index contributed by atoms with van der Waals surface area (Å²) >= 11 is 0. The Labute approximate surface area is 103 Å². The van der Waals surface area contributed by atoms with Gasteiger partial charge in [0.1, 0.15) is 0 Å². The van der Waals surface area contributed by atoms with Crippen molar-refractivity contribution >= 4 is 15.9 Å². The van der Waals surface area contributed by atoms with Gasteiger partial charge in [-0.2, -0.15) is 0 Å². The molecule has 3 N–H and O–H groups in total. The highest BCUT2D eigenvalue weighted by Crippen LogP contribution is 2.40. The first-order chi connectivity index (χ1) is 7.72. The van der Waals surface area contributed by atoms with Crippen LogP contribution < -0.4 is 10.5 Å².